The monoisotopic (exact) mass is 1020 g/mol. The number of unbranched alkanes of at least 4 members (excludes halogenated alkanes) is 5. The highest BCUT2D eigenvalue weighted by molar-refractivity contribution is 7.61. The summed E-state index contributed by atoms with van der Waals surface area (Å²) in [5, 5.41) is 40.9. The Morgan fingerprint density at radius 2 is 1.45 bits per heavy atom. The number of phosphoric ester groups is 2. The number of carbonyl (C=O) groups excluding carboxylic acids is 2. The number of nitrogens with zero attached hydrogens (tertiary/aromatic N) is 2. The number of nitrogen functional groups attached to an aromatic ring is 1. The molecule has 1 aliphatic heterocycles. The van der Waals surface area contributed by atoms with Gasteiger partial charge in [-0.05, 0) is 50.5 Å². The highest BCUT2D eigenvalue weighted by Crippen LogP contribution is 2.60. The molecule has 1 aromatic heterocycles. The van der Waals surface area contributed by atoms with Crippen LogP contribution in [-0.4, -0.2) is 108 Å². The standard InChI is InChI=1S/C47H75N3O17P2/c1-4-6-17-25-37(51)27-20-15-16-21-28-38(52)26-19-12-8-10-14-23-30-43(54)65-39(33-62-42(53)29-22-13-9-7-11-18-24-36(3)5-2)34-63-68(58,59)67-69(60,61)64-35-40-44(55)45(56)46(66-40)50-32-31-41(48)49-47(50)57/h6,10,12,14-17,19-21,27-28,31-32,36-40,44-46,51-52,55-56H,4-5,7-9,11,13,18,22-26,29-30,33-35H2,1-3H3,(H,58,59)(H,60,61)(H2,48,49,57)/b14-10-,16-15-,17-6-,19-12-,27-20+,28-21+/t36?,37-,38+,39+,40+,44+,45+,46+/m0/s1. The average Bonchev–Trinajstić information content (AvgIpc) is 3.57. The van der Waals surface area contributed by atoms with Crippen LogP contribution in [-0.2, 0) is 46.3 Å². The van der Waals surface area contributed by atoms with Crippen molar-refractivity contribution in [3.05, 3.63) is 95.7 Å². The number of aliphatic hydroxyl groups is 4. The lowest BCUT2D eigenvalue weighted by atomic mass is 10.00. The van der Waals surface area contributed by atoms with Gasteiger partial charge in [-0.1, -0.05) is 139 Å². The minimum atomic E-state index is -5.46. The van der Waals surface area contributed by atoms with Crippen LogP contribution in [0, 0.1) is 5.92 Å². The van der Waals surface area contributed by atoms with Crippen molar-refractivity contribution >= 4 is 33.4 Å². The van der Waals surface area contributed by atoms with Crippen LogP contribution in [0.3, 0.4) is 0 Å². The second-order valence-electron chi connectivity index (χ2n) is 16.5. The first-order valence-electron chi connectivity index (χ1n) is 23.6. The Morgan fingerprint density at radius 3 is 2.10 bits per heavy atom. The quantitative estimate of drug-likeness (QED) is 0.0120. The second kappa shape index (κ2) is 34.4. The van der Waals surface area contributed by atoms with Gasteiger partial charge in [0.15, 0.2) is 12.3 Å². The van der Waals surface area contributed by atoms with Gasteiger partial charge >= 0.3 is 33.3 Å². The van der Waals surface area contributed by atoms with Crippen LogP contribution in [0.5, 0.6) is 0 Å². The fourth-order valence-corrected chi connectivity index (χ4v) is 8.54. The van der Waals surface area contributed by atoms with Gasteiger partial charge in [0.1, 0.15) is 30.7 Å². The molecule has 22 heteroatoms. The Balaban J connectivity index is 1.89. The number of aromatic nitrogens is 2. The van der Waals surface area contributed by atoms with Gasteiger partial charge in [-0.2, -0.15) is 9.29 Å². The van der Waals surface area contributed by atoms with E-state index in [1.807, 2.05) is 31.2 Å². The summed E-state index contributed by atoms with van der Waals surface area (Å²) in [7, 11) is -10.9. The van der Waals surface area contributed by atoms with Gasteiger partial charge in [0, 0.05) is 19.0 Å². The Labute approximate surface area is 405 Å². The summed E-state index contributed by atoms with van der Waals surface area (Å²) in [6.45, 7) is 3.98. The molecule has 69 heavy (non-hydrogen) atoms. The van der Waals surface area contributed by atoms with E-state index in [-0.39, 0.29) is 25.1 Å². The van der Waals surface area contributed by atoms with Crippen molar-refractivity contribution in [3.63, 3.8) is 0 Å². The van der Waals surface area contributed by atoms with Crippen LogP contribution in [0.1, 0.15) is 123 Å². The van der Waals surface area contributed by atoms with Crippen molar-refractivity contribution in [1.82, 2.24) is 9.55 Å². The third-order valence-corrected chi connectivity index (χ3v) is 13.1. The van der Waals surface area contributed by atoms with Gasteiger partial charge in [-0.25, -0.2) is 13.9 Å². The fraction of sp³-hybridized carbons (Fsp3) is 0.617. The van der Waals surface area contributed by atoms with E-state index in [9.17, 15) is 53.7 Å². The molecule has 3 unspecified atom stereocenters. The lowest BCUT2D eigenvalue weighted by Gasteiger charge is -2.21. The molecule has 1 saturated heterocycles. The summed E-state index contributed by atoms with van der Waals surface area (Å²) < 4.78 is 56.4. The molecule has 2 rings (SSSR count). The first-order chi connectivity index (χ1) is 32.9. The van der Waals surface area contributed by atoms with E-state index < -0.39 is 95.9 Å². The molecule has 1 aliphatic rings. The molecule has 10 atom stereocenters. The zero-order chi connectivity index (χ0) is 51.1. The number of phosphoric acid groups is 2. The van der Waals surface area contributed by atoms with Crippen LogP contribution < -0.4 is 11.4 Å². The van der Waals surface area contributed by atoms with Gasteiger partial charge in [-0.15, -0.1) is 0 Å². The van der Waals surface area contributed by atoms with E-state index >= 15 is 0 Å². The van der Waals surface area contributed by atoms with Crippen molar-refractivity contribution < 1.29 is 76.5 Å². The fourth-order valence-electron chi connectivity index (χ4n) is 6.43. The molecule has 1 aromatic rings. The second-order valence-corrected chi connectivity index (χ2v) is 19.6. The molecular formula is C47H75N3O17P2. The Morgan fingerprint density at radius 1 is 0.826 bits per heavy atom. The van der Waals surface area contributed by atoms with E-state index in [0.717, 1.165) is 55.7 Å². The van der Waals surface area contributed by atoms with Crippen LogP contribution in [0.2, 0.25) is 0 Å². The Bertz CT molecular complexity index is 1990. The molecular weight excluding hydrogens is 940 g/mol. The topological polar surface area (TPSA) is 306 Å². The van der Waals surface area contributed by atoms with Gasteiger partial charge < -0.3 is 50.2 Å². The summed E-state index contributed by atoms with van der Waals surface area (Å²) in [5.74, 6) is -0.784. The van der Waals surface area contributed by atoms with Crippen molar-refractivity contribution in [1.29, 1.82) is 0 Å². The molecule has 1 fully saturated rings. The number of rotatable bonds is 36. The number of aliphatic hydroxyl groups excluding tert-OH is 4. The van der Waals surface area contributed by atoms with E-state index in [4.69, 9.17) is 29.0 Å². The van der Waals surface area contributed by atoms with E-state index in [1.54, 1.807) is 48.6 Å². The largest absolute Gasteiger partial charge is 0.481 e. The van der Waals surface area contributed by atoms with Crippen molar-refractivity contribution in [2.75, 3.05) is 25.6 Å². The molecule has 0 bridgehead atoms. The number of hydrogen-bond acceptors (Lipinski definition) is 17. The number of carbonyl (C=O) groups is 2. The summed E-state index contributed by atoms with van der Waals surface area (Å²) >= 11 is 0. The van der Waals surface area contributed by atoms with Crippen molar-refractivity contribution in [3.8, 4) is 0 Å². The highest BCUT2D eigenvalue weighted by atomic mass is 31.3. The molecule has 390 valence electrons. The number of nitrogens with two attached hydrogens (primary N) is 1. The third kappa shape index (κ3) is 27.9. The SMILES string of the molecule is CC/C=C\C[C@H](O)/C=C/C=C\C=C\[C@H](O)C/C=C\C/C=C\CCC(=O)O[C@H](COC(=O)CCCCCCCCC(C)CC)COP(=O)(O)OP(=O)(O)OC[C@H]1O[C@@H](n2ccc(N)nc2=O)[C@H](O)[C@@H]1O. The molecule has 8 N–H and O–H groups in total. The van der Waals surface area contributed by atoms with E-state index in [1.165, 1.54) is 12.5 Å². The molecule has 20 nitrogen and oxygen atoms in total. The minimum absolute atomic E-state index is 0.0835. The maximum atomic E-state index is 12.8. The summed E-state index contributed by atoms with van der Waals surface area (Å²) in [4.78, 5) is 61.7. The minimum Gasteiger partial charge on any atom is -0.462 e. The Hall–Kier alpha value is -3.88. The van der Waals surface area contributed by atoms with Crippen LogP contribution in [0.4, 0.5) is 5.82 Å². The molecule has 2 heterocycles. The average molecular weight is 1020 g/mol. The maximum Gasteiger partial charge on any atom is 0.481 e. The molecule has 0 amide bonds. The first kappa shape index (κ1) is 61.2. The molecule has 0 spiro atoms. The summed E-state index contributed by atoms with van der Waals surface area (Å²) in [6.07, 6.45) is 23.9. The normalized spacial score (nSPS) is 21.4. The molecule has 0 aromatic carbocycles. The Kier molecular flexibility index (Phi) is 30.6. The number of hydrogen-bond donors (Lipinski definition) is 7. The highest BCUT2D eigenvalue weighted by Gasteiger charge is 2.46. The van der Waals surface area contributed by atoms with Crippen molar-refractivity contribution in [2.24, 2.45) is 5.92 Å². The lowest BCUT2D eigenvalue weighted by Crippen LogP contribution is -2.36. The third-order valence-electron chi connectivity index (χ3n) is 10.5. The number of allylic oxidation sites excluding steroid dienone is 8. The van der Waals surface area contributed by atoms with Crippen LogP contribution in [0.25, 0.3) is 0 Å². The van der Waals surface area contributed by atoms with Crippen LogP contribution >= 0.6 is 15.6 Å². The predicted octanol–water partition coefficient (Wildman–Crippen LogP) is 6.74. The zero-order valence-corrected chi connectivity index (χ0v) is 41.8. The summed E-state index contributed by atoms with van der Waals surface area (Å²) in [5.41, 5.74) is 4.56. The maximum absolute atomic E-state index is 12.8. The smallest absolute Gasteiger partial charge is 0.462 e. The van der Waals surface area contributed by atoms with Gasteiger partial charge in [0.25, 0.3) is 0 Å². The van der Waals surface area contributed by atoms with E-state index in [2.05, 4.69) is 23.1 Å². The number of ether oxygens (including phenoxy) is 3. The number of esters is 2. The van der Waals surface area contributed by atoms with Gasteiger partial charge in [-0.3, -0.25) is 23.2 Å². The van der Waals surface area contributed by atoms with Crippen LogP contribution in [0.15, 0.2) is 90.0 Å². The zero-order valence-electron chi connectivity index (χ0n) is 40.0. The van der Waals surface area contributed by atoms with Gasteiger partial charge in [0.2, 0.25) is 0 Å². The van der Waals surface area contributed by atoms with E-state index in [0.29, 0.717) is 31.6 Å². The molecule has 0 radical (unpaired) electrons. The summed E-state index contributed by atoms with van der Waals surface area (Å²) in [6, 6.07) is 1.23. The first-order valence-corrected chi connectivity index (χ1v) is 26.6. The number of anilines is 1. The van der Waals surface area contributed by atoms with Crippen molar-refractivity contribution in [2.45, 2.75) is 160 Å². The molecule has 0 aliphatic carbocycles. The van der Waals surface area contributed by atoms with Gasteiger partial charge in [0.05, 0.1) is 25.4 Å². The molecule has 0 saturated carbocycles. The predicted molar refractivity (Wildman–Crippen MR) is 259 cm³/mol. The lowest BCUT2D eigenvalue weighted by molar-refractivity contribution is -0.161.